The Kier molecular flexibility index (Phi) is 4.53. The minimum Gasteiger partial charge on any atom is -0.451 e. The maximum atomic E-state index is 14.6. The van der Waals surface area contributed by atoms with Gasteiger partial charge in [-0.15, -0.1) is 0 Å². The summed E-state index contributed by atoms with van der Waals surface area (Å²) in [7, 11) is -3.82. The average Bonchev–Trinajstić information content (AvgIpc) is 3.10. The molecule has 0 fully saturated rings. The number of oxazole rings is 1. The van der Waals surface area contributed by atoms with Crippen LogP contribution in [-0.2, 0) is 15.4 Å². The molecule has 0 unspecified atom stereocenters. The highest BCUT2D eigenvalue weighted by molar-refractivity contribution is 7.93. The highest BCUT2D eigenvalue weighted by Gasteiger charge is 2.49. The van der Waals surface area contributed by atoms with Crippen LogP contribution in [-0.4, -0.2) is 35.6 Å². The molecule has 11 heteroatoms. The molecule has 3 N–H and O–H groups in total. The fourth-order valence-electron chi connectivity index (χ4n) is 2.85. The maximum Gasteiger partial charge on any atom is 0.277 e. The second-order valence-corrected chi connectivity index (χ2v) is 9.73. The van der Waals surface area contributed by atoms with E-state index in [-0.39, 0.29) is 22.8 Å². The molecule has 8 nitrogen and oxygen atoms in total. The molecule has 150 valence electrons. The van der Waals surface area contributed by atoms with Gasteiger partial charge in [0, 0.05) is 17.3 Å². The van der Waals surface area contributed by atoms with Crippen LogP contribution in [0, 0.1) is 11.6 Å². The van der Waals surface area contributed by atoms with Gasteiger partial charge in [0.1, 0.15) is 22.4 Å². The molecule has 0 bridgehead atoms. The highest BCUT2D eigenvalue weighted by atomic mass is 32.2. The first-order valence-electron chi connectivity index (χ1n) is 8.14. The van der Waals surface area contributed by atoms with Crippen molar-refractivity contribution < 1.29 is 26.4 Å². The van der Waals surface area contributed by atoms with E-state index in [0.29, 0.717) is 0 Å². The van der Waals surface area contributed by atoms with E-state index in [4.69, 9.17) is 10.2 Å². The number of hydrogen-bond acceptors (Lipinski definition) is 7. The van der Waals surface area contributed by atoms with Crippen LogP contribution in [0.2, 0.25) is 0 Å². The molecule has 1 aliphatic heterocycles. The lowest BCUT2D eigenvalue weighted by Gasteiger charge is -2.38. The first-order valence-corrected chi connectivity index (χ1v) is 9.80. The number of halogens is 2. The predicted molar refractivity (Wildman–Crippen MR) is 97.7 cm³/mol. The van der Waals surface area contributed by atoms with E-state index >= 15 is 0 Å². The van der Waals surface area contributed by atoms with Gasteiger partial charge in [0.05, 0.1) is 5.75 Å². The van der Waals surface area contributed by atoms with Crippen LogP contribution in [0.4, 0.5) is 14.5 Å². The maximum absolute atomic E-state index is 14.6. The summed E-state index contributed by atoms with van der Waals surface area (Å²) in [4.78, 5) is 19.9. The van der Waals surface area contributed by atoms with Crippen molar-refractivity contribution in [2.45, 2.75) is 31.1 Å². The van der Waals surface area contributed by atoms with Crippen molar-refractivity contribution in [2.75, 3.05) is 11.1 Å². The van der Waals surface area contributed by atoms with Crippen LogP contribution in [0.5, 0.6) is 0 Å². The number of amides is 1. The molecule has 1 amide bonds. The number of aromatic nitrogens is 1. The molecule has 0 saturated carbocycles. The first-order chi connectivity index (χ1) is 12.9. The SMILES string of the molecule is CC1(C)C(N)=N[C@](C)(c2cc(NC(=O)c3cocn3)cc(F)c2F)CS1(=O)=O. The lowest BCUT2D eigenvalue weighted by Crippen LogP contribution is -2.55. The van der Waals surface area contributed by atoms with Gasteiger partial charge in [0.15, 0.2) is 33.6 Å². The molecule has 28 heavy (non-hydrogen) atoms. The summed E-state index contributed by atoms with van der Waals surface area (Å²) in [5, 5.41) is 2.36. The van der Waals surface area contributed by atoms with Gasteiger partial charge >= 0.3 is 0 Å². The summed E-state index contributed by atoms with van der Waals surface area (Å²) in [6, 6.07) is 1.90. The second-order valence-electron chi connectivity index (χ2n) is 7.19. The van der Waals surface area contributed by atoms with Gasteiger partial charge in [-0.25, -0.2) is 22.2 Å². The van der Waals surface area contributed by atoms with Crippen molar-refractivity contribution in [2.24, 2.45) is 10.7 Å². The Morgan fingerprint density at radius 1 is 1.29 bits per heavy atom. The van der Waals surface area contributed by atoms with Crippen molar-refractivity contribution in [1.29, 1.82) is 0 Å². The summed E-state index contributed by atoms with van der Waals surface area (Å²) in [5.41, 5.74) is 3.66. The number of sulfone groups is 1. The van der Waals surface area contributed by atoms with Crippen molar-refractivity contribution >= 4 is 27.3 Å². The Morgan fingerprint density at radius 2 is 1.96 bits per heavy atom. The number of rotatable bonds is 3. The van der Waals surface area contributed by atoms with E-state index in [9.17, 15) is 22.0 Å². The van der Waals surface area contributed by atoms with Crippen molar-refractivity contribution in [3.8, 4) is 0 Å². The zero-order chi connectivity index (χ0) is 20.9. The smallest absolute Gasteiger partial charge is 0.277 e. The quantitative estimate of drug-likeness (QED) is 0.793. The van der Waals surface area contributed by atoms with Gasteiger partial charge in [0.25, 0.3) is 5.91 Å². The molecule has 1 aliphatic rings. The molecule has 0 saturated heterocycles. The molecule has 2 heterocycles. The molecule has 1 aromatic heterocycles. The number of hydrogen-bond donors (Lipinski definition) is 2. The van der Waals surface area contributed by atoms with E-state index < -0.39 is 43.4 Å². The molecule has 1 atom stereocenters. The Bertz CT molecular complexity index is 1080. The molecule has 2 aromatic rings. The van der Waals surface area contributed by atoms with Gasteiger partial charge in [-0.3, -0.25) is 9.79 Å². The van der Waals surface area contributed by atoms with Crippen molar-refractivity contribution in [3.05, 3.63) is 47.7 Å². The van der Waals surface area contributed by atoms with Gasteiger partial charge in [0.2, 0.25) is 0 Å². The summed E-state index contributed by atoms with van der Waals surface area (Å²) in [5.74, 6) is -4.04. The van der Waals surface area contributed by atoms with Crippen molar-refractivity contribution in [1.82, 2.24) is 4.98 Å². The molecular weight excluding hydrogens is 394 g/mol. The largest absolute Gasteiger partial charge is 0.451 e. The molecule has 1 aromatic carbocycles. The summed E-state index contributed by atoms with van der Waals surface area (Å²) >= 11 is 0. The lowest BCUT2D eigenvalue weighted by atomic mass is 9.92. The van der Waals surface area contributed by atoms with Crippen molar-refractivity contribution in [3.63, 3.8) is 0 Å². The molecular formula is C17H18F2N4O4S. The lowest BCUT2D eigenvalue weighted by molar-refractivity contribution is 0.102. The zero-order valence-electron chi connectivity index (χ0n) is 15.3. The third-order valence-electron chi connectivity index (χ3n) is 4.76. The molecule has 0 radical (unpaired) electrons. The first kappa shape index (κ1) is 19.9. The normalized spacial score (nSPS) is 23.1. The number of benzene rings is 1. The number of nitrogens with zero attached hydrogens (tertiary/aromatic N) is 2. The fourth-order valence-corrected chi connectivity index (χ4v) is 4.54. The third kappa shape index (κ3) is 3.15. The molecule has 0 spiro atoms. The van der Waals surface area contributed by atoms with E-state index in [2.05, 4.69) is 15.3 Å². The number of nitrogens with two attached hydrogens (primary N) is 1. The highest BCUT2D eigenvalue weighted by Crippen LogP contribution is 2.39. The number of nitrogens with one attached hydrogen (secondary N) is 1. The minimum atomic E-state index is -3.82. The number of carbonyl (C=O) groups is 1. The Morgan fingerprint density at radius 3 is 2.54 bits per heavy atom. The van der Waals surface area contributed by atoms with E-state index in [1.807, 2.05) is 0 Å². The van der Waals surface area contributed by atoms with E-state index in [1.165, 1.54) is 20.8 Å². The monoisotopic (exact) mass is 412 g/mol. The summed E-state index contributed by atoms with van der Waals surface area (Å²) < 4.78 is 57.4. The number of aliphatic imine (C=N–C) groups is 1. The predicted octanol–water partition coefficient (Wildman–Crippen LogP) is 1.98. The van der Waals surface area contributed by atoms with E-state index in [1.54, 1.807) is 0 Å². The third-order valence-corrected chi connectivity index (χ3v) is 7.47. The van der Waals surface area contributed by atoms with Gasteiger partial charge in [-0.1, -0.05) is 0 Å². The van der Waals surface area contributed by atoms with Crippen LogP contribution in [0.3, 0.4) is 0 Å². The fraction of sp³-hybridized carbons (Fsp3) is 0.353. The van der Waals surface area contributed by atoms with Crippen LogP contribution in [0.25, 0.3) is 0 Å². The van der Waals surface area contributed by atoms with E-state index in [0.717, 1.165) is 24.8 Å². The Hall–Kier alpha value is -2.82. The number of anilines is 1. The van der Waals surface area contributed by atoms with Gasteiger partial charge in [-0.2, -0.15) is 0 Å². The summed E-state index contributed by atoms with van der Waals surface area (Å²) in [6.45, 7) is 4.13. The minimum absolute atomic E-state index is 0.0678. The number of carbonyl (C=O) groups excluding carboxylic acids is 1. The standard InChI is InChI=1S/C17H18F2N4O4S/c1-16(2)15(20)23-17(3,7-28(16,25)26)10-4-9(5-11(18)13(10)19)22-14(24)12-6-27-8-21-12/h4-6,8H,7H2,1-3H3,(H2,20,23)(H,22,24)/t17-/m0/s1. The molecule has 3 rings (SSSR count). The van der Waals surface area contributed by atoms with Crippen LogP contribution >= 0.6 is 0 Å². The van der Waals surface area contributed by atoms with Crippen LogP contribution < -0.4 is 11.1 Å². The topological polar surface area (TPSA) is 128 Å². The second kappa shape index (κ2) is 6.36. The summed E-state index contributed by atoms with van der Waals surface area (Å²) in [6.07, 6.45) is 2.12. The Balaban J connectivity index is 2.08. The van der Waals surface area contributed by atoms with Crippen LogP contribution in [0.15, 0.2) is 34.2 Å². The van der Waals surface area contributed by atoms with Crippen LogP contribution in [0.1, 0.15) is 36.8 Å². The Labute approximate surface area is 159 Å². The van der Waals surface area contributed by atoms with Gasteiger partial charge in [-0.05, 0) is 26.8 Å². The molecule has 0 aliphatic carbocycles. The number of amidine groups is 1. The average molecular weight is 412 g/mol. The van der Waals surface area contributed by atoms with Gasteiger partial charge < -0.3 is 15.5 Å². The zero-order valence-corrected chi connectivity index (χ0v) is 16.1.